The first-order valence-corrected chi connectivity index (χ1v) is 11.5. The normalized spacial score (nSPS) is 12.6. The fraction of sp³-hybridized carbons (Fsp3) is 0.129. The summed E-state index contributed by atoms with van der Waals surface area (Å²) in [6.45, 7) is 4.45. The van der Waals surface area contributed by atoms with Gasteiger partial charge in [0, 0.05) is 24.6 Å². The lowest BCUT2D eigenvalue weighted by Crippen LogP contribution is -2.40. The van der Waals surface area contributed by atoms with Crippen LogP contribution in [0.25, 0.3) is 43.4 Å². The third-order valence-electron chi connectivity index (χ3n) is 6.92. The van der Waals surface area contributed by atoms with Gasteiger partial charge in [0.05, 0.1) is 17.9 Å². The highest BCUT2D eigenvalue weighted by molar-refractivity contribution is 6.13. The molecule has 1 atom stereocenters. The van der Waals surface area contributed by atoms with Crippen molar-refractivity contribution < 1.29 is 9.30 Å². The number of hydrogen-bond donors (Lipinski definition) is 0. The zero-order valence-electron chi connectivity index (χ0n) is 19.2. The molecular weight excluding hydrogens is 402 g/mol. The second-order valence-corrected chi connectivity index (χ2v) is 8.91. The van der Waals surface area contributed by atoms with Crippen molar-refractivity contribution in [3.8, 4) is 5.75 Å². The Hall–Kier alpha value is -3.91. The van der Waals surface area contributed by atoms with Crippen LogP contribution >= 0.6 is 0 Å². The molecule has 0 radical (unpaired) electrons. The molecule has 6 aromatic rings. The van der Waals surface area contributed by atoms with E-state index < -0.39 is 0 Å². The van der Waals surface area contributed by atoms with Gasteiger partial charge in [-0.15, -0.1) is 0 Å². The third-order valence-corrected chi connectivity index (χ3v) is 6.92. The maximum Gasteiger partial charge on any atom is 0.214 e. The number of aromatic nitrogens is 1. The molecule has 0 saturated heterocycles. The molecule has 1 heterocycles. The summed E-state index contributed by atoms with van der Waals surface area (Å²) in [5.41, 5.74) is 5.08. The summed E-state index contributed by atoms with van der Waals surface area (Å²) in [7, 11) is 1.72. The van der Waals surface area contributed by atoms with Crippen molar-refractivity contribution in [1.82, 2.24) is 0 Å². The van der Waals surface area contributed by atoms with Gasteiger partial charge in [-0.1, -0.05) is 54.1 Å². The number of aryl methyl sites for hydroxylation is 1. The minimum absolute atomic E-state index is 0.191. The summed E-state index contributed by atoms with van der Waals surface area (Å²) < 4.78 is 7.99. The van der Waals surface area contributed by atoms with E-state index in [1.54, 1.807) is 7.11 Å². The molecule has 0 unspecified atom stereocenters. The van der Waals surface area contributed by atoms with E-state index in [1.807, 2.05) is 0 Å². The zero-order chi connectivity index (χ0) is 22.5. The predicted octanol–water partition coefficient (Wildman–Crippen LogP) is 7.51. The highest BCUT2D eigenvalue weighted by Crippen LogP contribution is 2.33. The quantitative estimate of drug-likeness (QED) is 0.161. The molecule has 0 aliphatic rings. The molecule has 5 aromatic carbocycles. The standard InChI is InChI=1S/C31H26NO/c1-20-9-13-26-23(17-20)10-15-30-28(26)19-29-27-14-12-25(33-3)18-24(27)11-16-31(29)32(30)21(2)22-7-5-4-6-8-22/h4-19,21H,1-3H3/q+1/t21-/m1/s1. The number of rotatable bonds is 3. The van der Waals surface area contributed by atoms with E-state index in [9.17, 15) is 0 Å². The molecule has 6 rings (SSSR count). The second kappa shape index (κ2) is 7.60. The number of nitrogens with zero attached hydrogens (tertiary/aromatic N) is 1. The number of methoxy groups -OCH3 is 1. The van der Waals surface area contributed by atoms with Crippen molar-refractivity contribution >= 4 is 43.4 Å². The fourth-order valence-corrected chi connectivity index (χ4v) is 5.20. The van der Waals surface area contributed by atoms with Crippen molar-refractivity contribution in [2.75, 3.05) is 7.11 Å². The lowest BCUT2D eigenvalue weighted by molar-refractivity contribution is -0.659. The molecule has 0 bridgehead atoms. The molecular formula is C31H26NO+. The lowest BCUT2D eigenvalue weighted by atomic mass is 9.97. The van der Waals surface area contributed by atoms with E-state index >= 15 is 0 Å². The van der Waals surface area contributed by atoms with E-state index in [0.717, 1.165) is 5.75 Å². The molecule has 2 nitrogen and oxygen atoms in total. The largest absolute Gasteiger partial charge is 0.497 e. The number of ether oxygens (including phenoxy) is 1. The van der Waals surface area contributed by atoms with Crippen LogP contribution in [-0.4, -0.2) is 7.11 Å². The van der Waals surface area contributed by atoms with Gasteiger partial charge in [-0.3, -0.25) is 0 Å². The Bertz CT molecular complexity index is 1670. The maximum atomic E-state index is 5.49. The summed E-state index contributed by atoms with van der Waals surface area (Å²) in [4.78, 5) is 0. The molecule has 0 aliphatic heterocycles. The van der Waals surface area contributed by atoms with Crippen LogP contribution in [0, 0.1) is 6.92 Å². The van der Waals surface area contributed by atoms with Crippen LogP contribution in [0.3, 0.4) is 0 Å². The highest BCUT2D eigenvalue weighted by Gasteiger charge is 2.25. The van der Waals surface area contributed by atoms with Gasteiger partial charge < -0.3 is 4.74 Å². The Balaban J connectivity index is 1.79. The molecule has 1 aromatic heterocycles. The Morgan fingerprint density at radius 1 is 0.636 bits per heavy atom. The van der Waals surface area contributed by atoms with Crippen LogP contribution in [-0.2, 0) is 0 Å². The Kier molecular flexibility index (Phi) is 4.55. The monoisotopic (exact) mass is 428 g/mol. The molecule has 0 N–H and O–H groups in total. The number of pyridine rings is 1. The molecule has 160 valence electrons. The van der Waals surface area contributed by atoms with Gasteiger partial charge in [0.15, 0.2) is 6.04 Å². The summed E-state index contributed by atoms with van der Waals surface area (Å²) in [5.74, 6) is 0.883. The average molecular weight is 429 g/mol. The van der Waals surface area contributed by atoms with E-state index in [1.165, 1.54) is 54.5 Å². The molecule has 2 heteroatoms. The van der Waals surface area contributed by atoms with Crippen LogP contribution < -0.4 is 9.30 Å². The molecule has 0 spiro atoms. The van der Waals surface area contributed by atoms with Gasteiger partial charge in [0.2, 0.25) is 11.0 Å². The minimum atomic E-state index is 0.191. The van der Waals surface area contributed by atoms with Crippen LogP contribution in [0.5, 0.6) is 5.75 Å². The Morgan fingerprint density at radius 3 is 1.94 bits per heavy atom. The van der Waals surface area contributed by atoms with E-state index in [4.69, 9.17) is 4.74 Å². The third kappa shape index (κ3) is 3.14. The van der Waals surface area contributed by atoms with Crippen LogP contribution in [0.1, 0.15) is 24.1 Å². The van der Waals surface area contributed by atoms with E-state index in [2.05, 4.69) is 115 Å². The van der Waals surface area contributed by atoms with Crippen molar-refractivity contribution in [2.45, 2.75) is 19.9 Å². The Morgan fingerprint density at radius 2 is 1.27 bits per heavy atom. The summed E-state index contributed by atoms with van der Waals surface area (Å²) in [6, 6.07) is 35.5. The van der Waals surface area contributed by atoms with Crippen molar-refractivity contribution in [1.29, 1.82) is 0 Å². The molecule has 33 heavy (non-hydrogen) atoms. The summed E-state index contributed by atoms with van der Waals surface area (Å²) in [6.07, 6.45) is 0. The van der Waals surface area contributed by atoms with Crippen molar-refractivity contribution in [2.24, 2.45) is 0 Å². The first kappa shape index (κ1) is 19.8. The molecule has 0 saturated carbocycles. The highest BCUT2D eigenvalue weighted by atomic mass is 16.5. The topological polar surface area (TPSA) is 13.1 Å². The minimum Gasteiger partial charge on any atom is -0.497 e. The Labute approximate surface area is 193 Å². The summed E-state index contributed by atoms with van der Waals surface area (Å²) in [5, 5.41) is 7.55. The number of benzene rings is 5. The molecule has 0 amide bonds. The zero-order valence-corrected chi connectivity index (χ0v) is 19.2. The first-order chi connectivity index (χ1) is 16.1. The first-order valence-electron chi connectivity index (χ1n) is 11.5. The van der Waals surface area contributed by atoms with Crippen LogP contribution in [0.4, 0.5) is 0 Å². The number of hydrogen-bond acceptors (Lipinski definition) is 1. The van der Waals surface area contributed by atoms with Crippen LogP contribution in [0.15, 0.2) is 97.1 Å². The lowest BCUT2D eigenvalue weighted by Gasteiger charge is -2.15. The summed E-state index contributed by atoms with van der Waals surface area (Å²) >= 11 is 0. The van der Waals surface area contributed by atoms with Gasteiger partial charge in [0.25, 0.3) is 0 Å². The van der Waals surface area contributed by atoms with Crippen molar-refractivity contribution in [3.05, 3.63) is 108 Å². The SMILES string of the molecule is COc1ccc2c(ccc3c2cc2c4ccc(C)cc4ccc2[n+]3[C@H](C)c2ccccc2)c1. The molecule has 0 aliphatic carbocycles. The fourth-order valence-electron chi connectivity index (χ4n) is 5.20. The maximum absolute atomic E-state index is 5.49. The van der Waals surface area contributed by atoms with E-state index in [-0.39, 0.29) is 6.04 Å². The molecule has 0 fully saturated rings. The van der Waals surface area contributed by atoms with Gasteiger partial charge in [-0.2, -0.15) is 4.57 Å². The van der Waals surface area contributed by atoms with Gasteiger partial charge in [-0.25, -0.2) is 0 Å². The predicted molar refractivity (Wildman–Crippen MR) is 138 cm³/mol. The smallest absolute Gasteiger partial charge is 0.214 e. The van der Waals surface area contributed by atoms with Gasteiger partial charge in [0.1, 0.15) is 5.75 Å². The van der Waals surface area contributed by atoms with Gasteiger partial charge >= 0.3 is 0 Å². The van der Waals surface area contributed by atoms with Crippen LogP contribution in [0.2, 0.25) is 0 Å². The average Bonchev–Trinajstić information content (AvgIpc) is 2.86. The number of fused-ring (bicyclic) bond motifs is 6. The van der Waals surface area contributed by atoms with E-state index in [0.29, 0.717) is 0 Å². The van der Waals surface area contributed by atoms with Gasteiger partial charge in [-0.05, 0) is 64.9 Å². The van der Waals surface area contributed by atoms with Crippen molar-refractivity contribution in [3.63, 3.8) is 0 Å². The second-order valence-electron chi connectivity index (χ2n) is 8.91.